The number of benzene rings is 2. The van der Waals surface area contributed by atoms with Crippen LogP contribution in [0.15, 0.2) is 83.7 Å². The molecule has 33 heavy (non-hydrogen) atoms. The van der Waals surface area contributed by atoms with Crippen LogP contribution < -0.4 is 14.8 Å². The average Bonchev–Trinajstić information content (AvgIpc) is 3.37. The first kappa shape index (κ1) is 22.7. The Bertz CT molecular complexity index is 1040. The van der Waals surface area contributed by atoms with Crippen LogP contribution in [-0.2, 0) is 16.6 Å². The number of methoxy groups -OCH3 is 2. The topological polar surface area (TPSA) is 60.7 Å². The van der Waals surface area contributed by atoms with E-state index in [1.165, 1.54) is 16.7 Å². The smallest absolute Gasteiger partial charge is 0.243 e. The van der Waals surface area contributed by atoms with E-state index in [0.717, 1.165) is 37.2 Å². The Balaban J connectivity index is 1.40. The molecule has 1 saturated carbocycles. The fraction of sp³-hybridized carbons (Fsp3) is 0.321. The molecule has 1 amide bonds. The second-order valence-corrected chi connectivity index (χ2v) is 8.48. The number of hydrogen-bond acceptors (Lipinski definition) is 4. The minimum absolute atomic E-state index is 0.0459. The highest BCUT2D eigenvalue weighted by molar-refractivity contribution is 5.87. The summed E-state index contributed by atoms with van der Waals surface area (Å²) in [6.45, 7) is 0.669. The van der Waals surface area contributed by atoms with Gasteiger partial charge in [-0.1, -0.05) is 30.3 Å². The number of aryl methyl sites for hydroxylation is 1. The number of furan rings is 1. The predicted octanol–water partition coefficient (Wildman–Crippen LogP) is 5.30. The number of allylic oxidation sites excluding steroid dienone is 1. The fourth-order valence-corrected chi connectivity index (χ4v) is 4.51. The summed E-state index contributed by atoms with van der Waals surface area (Å²) in [6, 6.07) is 18.4. The molecule has 1 atom stereocenters. The molecule has 3 aromatic rings. The van der Waals surface area contributed by atoms with Crippen LogP contribution in [0.25, 0.3) is 0 Å². The first-order chi connectivity index (χ1) is 16.2. The minimum Gasteiger partial charge on any atom is -0.497 e. The van der Waals surface area contributed by atoms with E-state index in [1.807, 2.05) is 36.4 Å². The lowest BCUT2D eigenvalue weighted by molar-refractivity contribution is -0.116. The van der Waals surface area contributed by atoms with Crippen LogP contribution in [0.4, 0.5) is 0 Å². The Hall–Kier alpha value is -3.47. The van der Waals surface area contributed by atoms with Gasteiger partial charge >= 0.3 is 0 Å². The molecule has 1 aliphatic carbocycles. The normalized spacial score (nSPS) is 16.5. The molecule has 1 aromatic heterocycles. The summed E-state index contributed by atoms with van der Waals surface area (Å²) in [7, 11) is 3.36. The lowest BCUT2D eigenvalue weighted by atomic mass is 9.85. The van der Waals surface area contributed by atoms with Gasteiger partial charge in [-0.2, -0.15) is 0 Å². The number of carbonyl (C=O) groups excluding carboxylic acids is 1. The quantitative estimate of drug-likeness (QED) is 0.321. The number of amides is 1. The summed E-state index contributed by atoms with van der Waals surface area (Å²) in [5.41, 5.74) is 3.37. The maximum Gasteiger partial charge on any atom is 0.243 e. The molecule has 2 aromatic carbocycles. The Kier molecular flexibility index (Phi) is 7.18. The average molecular weight is 446 g/mol. The molecule has 0 saturated heterocycles. The van der Waals surface area contributed by atoms with Gasteiger partial charge in [0.15, 0.2) is 0 Å². The second-order valence-electron chi connectivity index (χ2n) is 8.48. The number of hydrogen-bond donors (Lipinski definition) is 1. The zero-order valence-corrected chi connectivity index (χ0v) is 19.3. The summed E-state index contributed by atoms with van der Waals surface area (Å²) in [5.74, 6) is 1.84. The molecular formula is C28H31NO4. The summed E-state index contributed by atoms with van der Waals surface area (Å²) < 4.78 is 16.0. The Morgan fingerprint density at radius 1 is 1.06 bits per heavy atom. The molecule has 5 heteroatoms. The van der Waals surface area contributed by atoms with Gasteiger partial charge in [0.25, 0.3) is 0 Å². The highest BCUT2D eigenvalue weighted by atomic mass is 16.5. The van der Waals surface area contributed by atoms with E-state index in [9.17, 15) is 4.79 Å². The van der Waals surface area contributed by atoms with E-state index >= 15 is 0 Å². The second kappa shape index (κ2) is 10.4. The summed E-state index contributed by atoms with van der Waals surface area (Å²) in [4.78, 5) is 12.4. The van der Waals surface area contributed by atoms with Crippen LogP contribution >= 0.6 is 0 Å². The predicted molar refractivity (Wildman–Crippen MR) is 129 cm³/mol. The fourth-order valence-electron chi connectivity index (χ4n) is 4.51. The van der Waals surface area contributed by atoms with Crippen molar-refractivity contribution in [3.8, 4) is 11.5 Å². The van der Waals surface area contributed by atoms with Crippen molar-refractivity contribution in [1.29, 1.82) is 0 Å². The van der Waals surface area contributed by atoms with Crippen molar-refractivity contribution in [2.75, 3.05) is 20.8 Å². The van der Waals surface area contributed by atoms with Crippen molar-refractivity contribution in [3.63, 3.8) is 0 Å². The van der Waals surface area contributed by atoms with Crippen LogP contribution in [-0.4, -0.2) is 26.7 Å². The molecule has 1 heterocycles. The number of carbonyl (C=O) groups is 1. The molecule has 1 N–H and O–H groups in total. The van der Waals surface area contributed by atoms with Gasteiger partial charge < -0.3 is 19.2 Å². The largest absolute Gasteiger partial charge is 0.497 e. The third-order valence-electron chi connectivity index (χ3n) is 6.44. The van der Waals surface area contributed by atoms with E-state index in [1.54, 1.807) is 32.8 Å². The summed E-state index contributed by atoms with van der Waals surface area (Å²) in [6.07, 6.45) is 11.0. The minimum atomic E-state index is -0.190. The molecule has 1 fully saturated rings. The van der Waals surface area contributed by atoms with E-state index in [-0.39, 0.29) is 17.2 Å². The zero-order chi connectivity index (χ0) is 23.1. The van der Waals surface area contributed by atoms with Crippen LogP contribution in [0.3, 0.4) is 0 Å². The SMILES string of the molecule is COc1cccc(C2(c3cccc(OC)c3)C[C@H]2/C=C/C(=O)NCCCCc2ccoc2)c1. The van der Waals surface area contributed by atoms with Crippen molar-refractivity contribution in [2.45, 2.75) is 31.1 Å². The summed E-state index contributed by atoms with van der Waals surface area (Å²) in [5, 5.41) is 3.00. The first-order valence-electron chi connectivity index (χ1n) is 11.4. The maximum absolute atomic E-state index is 12.4. The van der Waals surface area contributed by atoms with E-state index in [0.29, 0.717) is 6.54 Å². The molecule has 4 rings (SSSR count). The molecule has 0 spiro atoms. The van der Waals surface area contributed by atoms with Crippen LogP contribution in [0.2, 0.25) is 0 Å². The number of unbranched alkanes of at least 4 members (excludes halogenated alkanes) is 1. The lowest BCUT2D eigenvalue weighted by Gasteiger charge is -2.20. The zero-order valence-electron chi connectivity index (χ0n) is 19.3. The van der Waals surface area contributed by atoms with Crippen molar-refractivity contribution < 1.29 is 18.7 Å². The molecule has 172 valence electrons. The molecule has 5 nitrogen and oxygen atoms in total. The van der Waals surface area contributed by atoms with Gasteiger partial charge in [0.2, 0.25) is 5.91 Å². The highest BCUT2D eigenvalue weighted by Gasteiger charge is 2.55. The van der Waals surface area contributed by atoms with Crippen molar-refractivity contribution in [1.82, 2.24) is 5.32 Å². The molecule has 0 aliphatic heterocycles. The van der Waals surface area contributed by atoms with Crippen LogP contribution in [0, 0.1) is 5.92 Å². The van der Waals surface area contributed by atoms with Gasteiger partial charge in [-0.25, -0.2) is 0 Å². The highest BCUT2D eigenvalue weighted by Crippen LogP contribution is 2.60. The Labute approximate surface area is 195 Å². The molecular weight excluding hydrogens is 414 g/mol. The van der Waals surface area contributed by atoms with Crippen molar-refractivity contribution in [2.24, 2.45) is 5.92 Å². The monoisotopic (exact) mass is 445 g/mol. The molecule has 1 aliphatic rings. The lowest BCUT2D eigenvalue weighted by Crippen LogP contribution is -2.22. The molecule has 0 unspecified atom stereocenters. The number of nitrogens with one attached hydrogen (secondary N) is 1. The van der Waals surface area contributed by atoms with E-state index in [2.05, 4.69) is 29.6 Å². The van der Waals surface area contributed by atoms with Gasteiger partial charge in [0.1, 0.15) is 11.5 Å². The maximum atomic E-state index is 12.4. The molecule has 0 radical (unpaired) electrons. The van der Waals surface area contributed by atoms with Gasteiger partial charge in [0.05, 0.1) is 26.7 Å². The Morgan fingerprint density at radius 3 is 2.36 bits per heavy atom. The van der Waals surface area contributed by atoms with Crippen molar-refractivity contribution >= 4 is 5.91 Å². The van der Waals surface area contributed by atoms with Crippen LogP contribution in [0.1, 0.15) is 36.0 Å². The van der Waals surface area contributed by atoms with E-state index < -0.39 is 0 Å². The van der Waals surface area contributed by atoms with Crippen molar-refractivity contribution in [3.05, 3.63) is 96.0 Å². The van der Waals surface area contributed by atoms with E-state index in [4.69, 9.17) is 13.9 Å². The van der Waals surface area contributed by atoms with Gasteiger partial charge in [-0.05, 0) is 84.7 Å². The van der Waals surface area contributed by atoms with Gasteiger partial charge in [0, 0.05) is 12.0 Å². The number of ether oxygens (including phenoxy) is 2. The standard InChI is InChI=1S/C28H31NO4/c1-31-25-10-5-8-22(17-25)28(23-9-6-11-26(18-23)32-2)19-24(28)12-13-27(30)29-15-4-3-7-21-14-16-33-20-21/h5-6,8-14,16-18,20,24H,3-4,7,15,19H2,1-2H3,(H,29,30)/b13-12+/t24-/m1/s1. The van der Waals surface area contributed by atoms with Gasteiger partial charge in [-0.3, -0.25) is 4.79 Å². The van der Waals surface area contributed by atoms with Crippen LogP contribution in [0.5, 0.6) is 11.5 Å². The number of rotatable bonds is 11. The summed E-state index contributed by atoms with van der Waals surface area (Å²) >= 11 is 0. The molecule has 0 bridgehead atoms. The Morgan fingerprint density at radius 2 is 1.76 bits per heavy atom. The first-order valence-corrected chi connectivity index (χ1v) is 11.4. The third kappa shape index (κ3) is 5.30. The van der Waals surface area contributed by atoms with Gasteiger partial charge in [-0.15, -0.1) is 0 Å². The third-order valence-corrected chi connectivity index (χ3v) is 6.44.